The fraction of sp³-hybridized carbons (Fsp3) is 0.867. The summed E-state index contributed by atoms with van der Waals surface area (Å²) in [4.78, 5) is 0. The van der Waals surface area contributed by atoms with Gasteiger partial charge in [0.15, 0.2) is 0 Å². The van der Waals surface area contributed by atoms with Gasteiger partial charge in [-0.05, 0) is 124 Å². The Morgan fingerprint density at radius 2 is 1.70 bits per heavy atom. The van der Waals surface area contributed by atoms with E-state index in [0.29, 0.717) is 16.2 Å². The first kappa shape index (κ1) is 22.7. The Hall–Kier alpha value is -0.520. The summed E-state index contributed by atoms with van der Waals surface area (Å²) in [6, 6.07) is 0. The maximum absolute atomic E-state index is 2.70. The number of rotatable bonds is 5. The van der Waals surface area contributed by atoms with Crippen LogP contribution in [0.15, 0.2) is 22.8 Å². The summed E-state index contributed by atoms with van der Waals surface area (Å²) in [7, 11) is 0. The van der Waals surface area contributed by atoms with Gasteiger partial charge in [-0.25, -0.2) is 0 Å². The molecule has 4 aliphatic carbocycles. The Labute approximate surface area is 188 Å². The van der Waals surface area contributed by atoms with Gasteiger partial charge in [0.2, 0.25) is 0 Å². The standard InChI is InChI=1S/C30H50/c1-8-22-17-19-30(7)26-18-20-29(6)23(12-10-9-11-21(2)3)13-15-25(29)24(26)14-16-27(30)28(22,4)5/h11,22-23,25,27H,8-10,12-20H2,1-7H3. The van der Waals surface area contributed by atoms with Crippen molar-refractivity contribution in [1.29, 1.82) is 0 Å². The van der Waals surface area contributed by atoms with E-state index in [-0.39, 0.29) is 0 Å². The quantitative estimate of drug-likeness (QED) is 0.312. The van der Waals surface area contributed by atoms with Crippen molar-refractivity contribution >= 4 is 0 Å². The fourth-order valence-corrected chi connectivity index (χ4v) is 9.44. The molecule has 2 saturated carbocycles. The van der Waals surface area contributed by atoms with E-state index in [1.54, 1.807) is 0 Å². The van der Waals surface area contributed by atoms with E-state index >= 15 is 0 Å². The van der Waals surface area contributed by atoms with Gasteiger partial charge in [0, 0.05) is 0 Å². The molecule has 6 unspecified atom stereocenters. The van der Waals surface area contributed by atoms with Crippen molar-refractivity contribution in [3.8, 4) is 0 Å². The van der Waals surface area contributed by atoms with Gasteiger partial charge in [-0.3, -0.25) is 0 Å². The van der Waals surface area contributed by atoms with Crippen molar-refractivity contribution in [3.05, 3.63) is 22.8 Å². The van der Waals surface area contributed by atoms with E-state index in [1.165, 1.54) is 82.6 Å². The van der Waals surface area contributed by atoms with Crippen LogP contribution >= 0.6 is 0 Å². The molecular formula is C30H50. The molecule has 0 amide bonds. The van der Waals surface area contributed by atoms with E-state index in [2.05, 4.69) is 54.5 Å². The average Bonchev–Trinajstić information content (AvgIpc) is 3.01. The molecule has 4 aliphatic rings. The van der Waals surface area contributed by atoms with E-state index in [4.69, 9.17) is 0 Å². The lowest BCUT2D eigenvalue weighted by molar-refractivity contribution is -0.0464. The van der Waals surface area contributed by atoms with Gasteiger partial charge in [0.05, 0.1) is 0 Å². The zero-order chi connectivity index (χ0) is 21.7. The zero-order valence-electron chi connectivity index (χ0n) is 21.4. The Morgan fingerprint density at radius 3 is 2.40 bits per heavy atom. The van der Waals surface area contributed by atoms with Crippen molar-refractivity contribution in [2.45, 2.75) is 126 Å². The molecule has 0 aromatic rings. The van der Waals surface area contributed by atoms with Gasteiger partial charge in [0.1, 0.15) is 0 Å². The lowest BCUT2D eigenvalue weighted by atomic mass is 9.44. The smallest absolute Gasteiger partial charge is 0.00799 e. The number of fused-ring (bicyclic) bond motifs is 4. The van der Waals surface area contributed by atoms with Gasteiger partial charge in [-0.2, -0.15) is 0 Å². The van der Waals surface area contributed by atoms with Crippen LogP contribution in [-0.4, -0.2) is 0 Å². The molecule has 0 heterocycles. The molecule has 30 heavy (non-hydrogen) atoms. The minimum atomic E-state index is 0.506. The van der Waals surface area contributed by atoms with Crippen molar-refractivity contribution in [1.82, 2.24) is 0 Å². The van der Waals surface area contributed by atoms with Gasteiger partial charge in [0.25, 0.3) is 0 Å². The molecule has 0 saturated heterocycles. The van der Waals surface area contributed by atoms with Crippen molar-refractivity contribution in [2.24, 2.45) is 39.9 Å². The maximum atomic E-state index is 2.70. The van der Waals surface area contributed by atoms with Gasteiger partial charge >= 0.3 is 0 Å². The maximum Gasteiger partial charge on any atom is -0.00799 e. The van der Waals surface area contributed by atoms with Crippen molar-refractivity contribution < 1.29 is 0 Å². The Kier molecular flexibility index (Phi) is 6.13. The first-order chi connectivity index (χ1) is 14.1. The largest absolute Gasteiger partial charge is 0.0859 e. The third-order valence-electron chi connectivity index (χ3n) is 11.2. The molecule has 0 N–H and O–H groups in total. The molecule has 0 bridgehead atoms. The molecule has 4 rings (SSSR count). The molecule has 6 atom stereocenters. The minimum Gasteiger partial charge on any atom is -0.0859 e. The Bertz CT molecular complexity index is 702. The number of hydrogen-bond acceptors (Lipinski definition) is 0. The highest BCUT2D eigenvalue weighted by molar-refractivity contribution is 5.35. The SMILES string of the molecule is CCC1CCC2(C)C3=C(CCC2C1(C)C)C1CCC(CCCC=C(C)C)C1(C)CC3. The number of allylic oxidation sites excluding steroid dienone is 4. The second-order valence-corrected chi connectivity index (χ2v) is 13.0. The topological polar surface area (TPSA) is 0 Å². The van der Waals surface area contributed by atoms with Gasteiger partial charge in [-0.1, -0.05) is 63.8 Å². The zero-order valence-corrected chi connectivity index (χ0v) is 21.4. The van der Waals surface area contributed by atoms with Crippen LogP contribution in [0.25, 0.3) is 0 Å². The highest BCUT2D eigenvalue weighted by atomic mass is 14.6. The van der Waals surface area contributed by atoms with Crippen molar-refractivity contribution in [2.75, 3.05) is 0 Å². The van der Waals surface area contributed by atoms with Gasteiger partial charge < -0.3 is 0 Å². The van der Waals surface area contributed by atoms with Crippen LogP contribution in [0.2, 0.25) is 0 Å². The molecule has 0 aromatic heterocycles. The van der Waals surface area contributed by atoms with Crippen LogP contribution in [0.5, 0.6) is 0 Å². The lowest BCUT2D eigenvalue weighted by Crippen LogP contribution is -2.51. The Balaban J connectivity index is 1.56. The summed E-state index contributed by atoms with van der Waals surface area (Å²) < 4.78 is 0. The summed E-state index contributed by atoms with van der Waals surface area (Å²) in [5.41, 5.74) is 7.08. The summed E-state index contributed by atoms with van der Waals surface area (Å²) in [6.07, 6.45) is 19.7. The number of hydrogen-bond donors (Lipinski definition) is 0. The van der Waals surface area contributed by atoms with Gasteiger partial charge in [-0.15, -0.1) is 0 Å². The van der Waals surface area contributed by atoms with E-state index in [1.807, 2.05) is 11.1 Å². The summed E-state index contributed by atoms with van der Waals surface area (Å²) in [5, 5.41) is 0. The van der Waals surface area contributed by atoms with Crippen LogP contribution in [-0.2, 0) is 0 Å². The third kappa shape index (κ3) is 3.47. The van der Waals surface area contributed by atoms with E-state index in [0.717, 1.165) is 23.7 Å². The fourth-order valence-electron chi connectivity index (χ4n) is 9.44. The van der Waals surface area contributed by atoms with Crippen LogP contribution < -0.4 is 0 Å². The molecule has 0 spiro atoms. The van der Waals surface area contributed by atoms with Crippen LogP contribution in [0.1, 0.15) is 126 Å². The molecule has 0 aliphatic heterocycles. The first-order valence-corrected chi connectivity index (χ1v) is 13.5. The predicted molar refractivity (Wildman–Crippen MR) is 131 cm³/mol. The van der Waals surface area contributed by atoms with E-state index < -0.39 is 0 Å². The van der Waals surface area contributed by atoms with Crippen LogP contribution in [0.3, 0.4) is 0 Å². The highest BCUT2D eigenvalue weighted by Gasteiger charge is 2.58. The molecule has 0 aromatic carbocycles. The minimum absolute atomic E-state index is 0.506. The molecule has 0 heteroatoms. The molecule has 2 fully saturated rings. The number of unbranched alkanes of at least 4 members (excludes halogenated alkanes) is 1. The molecule has 170 valence electrons. The normalized spacial score (nSPS) is 42.4. The first-order valence-electron chi connectivity index (χ1n) is 13.5. The average molecular weight is 411 g/mol. The second-order valence-electron chi connectivity index (χ2n) is 13.0. The second kappa shape index (κ2) is 8.12. The Morgan fingerprint density at radius 1 is 0.933 bits per heavy atom. The lowest BCUT2D eigenvalue weighted by Gasteiger charge is -2.61. The predicted octanol–water partition coefficient (Wildman–Crippen LogP) is 9.51. The summed E-state index contributed by atoms with van der Waals surface area (Å²) in [5.74, 6) is 3.73. The van der Waals surface area contributed by atoms with Crippen LogP contribution in [0.4, 0.5) is 0 Å². The monoisotopic (exact) mass is 410 g/mol. The van der Waals surface area contributed by atoms with Crippen LogP contribution in [0, 0.1) is 39.9 Å². The molecular weight excluding hydrogens is 360 g/mol. The summed E-state index contributed by atoms with van der Waals surface area (Å²) in [6.45, 7) is 17.6. The third-order valence-corrected chi connectivity index (χ3v) is 11.2. The molecule has 0 nitrogen and oxygen atoms in total. The van der Waals surface area contributed by atoms with E-state index in [9.17, 15) is 0 Å². The van der Waals surface area contributed by atoms with Crippen molar-refractivity contribution in [3.63, 3.8) is 0 Å². The molecule has 0 radical (unpaired) electrons. The summed E-state index contributed by atoms with van der Waals surface area (Å²) >= 11 is 0. The highest BCUT2D eigenvalue weighted by Crippen LogP contribution is 2.68.